The number of rotatable bonds is 15. The number of carbonyl (C=O) groups is 1. The summed E-state index contributed by atoms with van der Waals surface area (Å²) in [6.07, 6.45) is 3.30. The highest BCUT2D eigenvalue weighted by Gasteiger charge is 2.31. The Morgan fingerprint density at radius 3 is 2.62 bits per heavy atom. The van der Waals surface area contributed by atoms with Crippen LogP contribution in [0.4, 0.5) is 24.9 Å². The van der Waals surface area contributed by atoms with E-state index in [0.717, 1.165) is 55.9 Å². The Labute approximate surface area is 242 Å². The predicted molar refractivity (Wildman–Crippen MR) is 152 cm³/mol. The number of aliphatic carboxylic acids is 1. The van der Waals surface area contributed by atoms with Gasteiger partial charge in [-0.3, -0.25) is 9.88 Å². The molecule has 1 aliphatic heterocycles. The van der Waals surface area contributed by atoms with Gasteiger partial charge in [-0.15, -0.1) is 0 Å². The third kappa shape index (κ3) is 9.54. The number of pyridine rings is 2. The largest absolute Gasteiger partial charge is 0.491 e. The number of ether oxygens (including phenoxy) is 1. The molecule has 0 saturated carbocycles. The number of alkyl halides is 3. The van der Waals surface area contributed by atoms with Crippen molar-refractivity contribution < 1.29 is 27.8 Å². The smallest absolute Gasteiger partial charge is 0.419 e. The second-order valence-electron chi connectivity index (χ2n) is 10.2. The number of fused-ring (bicyclic) bond motifs is 1. The average Bonchev–Trinajstić information content (AvgIpc) is 2.97. The number of aromatic nitrogens is 4. The van der Waals surface area contributed by atoms with Gasteiger partial charge in [0, 0.05) is 43.4 Å². The fourth-order valence-electron chi connectivity index (χ4n) is 4.59. The summed E-state index contributed by atoms with van der Waals surface area (Å²) in [6.45, 7) is 4.90. The predicted octanol–water partition coefficient (Wildman–Crippen LogP) is 4.61. The van der Waals surface area contributed by atoms with Gasteiger partial charge in [0.25, 0.3) is 0 Å². The molecule has 10 nitrogen and oxygen atoms in total. The van der Waals surface area contributed by atoms with Crippen LogP contribution in [-0.4, -0.2) is 74.7 Å². The van der Waals surface area contributed by atoms with Crippen LogP contribution in [0.2, 0.25) is 0 Å². The van der Waals surface area contributed by atoms with Gasteiger partial charge in [-0.05, 0) is 75.8 Å². The summed E-state index contributed by atoms with van der Waals surface area (Å²) < 4.78 is 44.3. The van der Waals surface area contributed by atoms with E-state index >= 15 is 0 Å². The van der Waals surface area contributed by atoms with E-state index in [2.05, 4.69) is 42.6 Å². The molecule has 3 aromatic rings. The van der Waals surface area contributed by atoms with E-state index in [1.807, 2.05) is 19.1 Å². The molecule has 0 aliphatic carbocycles. The zero-order chi connectivity index (χ0) is 30.0. The molecule has 4 rings (SSSR count). The Bertz CT molecular complexity index is 1290. The maximum Gasteiger partial charge on any atom is 0.419 e. The maximum absolute atomic E-state index is 12.8. The van der Waals surface area contributed by atoms with Gasteiger partial charge in [0.05, 0.1) is 11.8 Å². The van der Waals surface area contributed by atoms with Crippen LogP contribution >= 0.6 is 0 Å². The summed E-state index contributed by atoms with van der Waals surface area (Å²) in [5.41, 5.74) is 2.17. The molecular weight excluding hydrogens is 551 g/mol. The Morgan fingerprint density at radius 2 is 1.90 bits per heavy atom. The van der Waals surface area contributed by atoms with Crippen molar-refractivity contribution in [3.63, 3.8) is 0 Å². The van der Waals surface area contributed by atoms with Gasteiger partial charge < -0.3 is 20.5 Å². The Balaban J connectivity index is 1.31. The van der Waals surface area contributed by atoms with Crippen molar-refractivity contribution in [2.75, 3.05) is 43.4 Å². The second kappa shape index (κ2) is 14.8. The topological polar surface area (TPSA) is 125 Å². The highest BCUT2D eigenvalue weighted by atomic mass is 19.4. The number of carboxylic acids is 1. The number of anilines is 2. The minimum absolute atomic E-state index is 0.177. The number of aryl methyl sites for hydroxylation is 3. The van der Waals surface area contributed by atoms with E-state index in [-0.39, 0.29) is 12.4 Å². The number of hydrogen-bond acceptors (Lipinski definition) is 9. The average molecular weight is 588 g/mol. The molecule has 0 radical (unpaired) electrons. The van der Waals surface area contributed by atoms with Crippen LogP contribution in [0.15, 0.2) is 42.9 Å². The molecule has 3 N–H and O–H groups in total. The molecule has 3 aromatic heterocycles. The van der Waals surface area contributed by atoms with E-state index in [9.17, 15) is 23.1 Å². The third-order valence-electron chi connectivity index (χ3n) is 6.98. The summed E-state index contributed by atoms with van der Waals surface area (Å²) in [4.78, 5) is 30.3. The molecule has 0 fully saturated rings. The molecule has 0 amide bonds. The van der Waals surface area contributed by atoms with Crippen molar-refractivity contribution in [3.8, 4) is 5.75 Å². The highest BCUT2D eigenvalue weighted by molar-refractivity contribution is 5.76. The van der Waals surface area contributed by atoms with Crippen molar-refractivity contribution in [3.05, 3.63) is 65.4 Å². The number of hydrogen-bond donors (Lipinski definition) is 3. The van der Waals surface area contributed by atoms with Gasteiger partial charge in [0.2, 0.25) is 5.95 Å². The first-order valence-corrected chi connectivity index (χ1v) is 14.1. The fourth-order valence-corrected chi connectivity index (χ4v) is 4.59. The second-order valence-corrected chi connectivity index (χ2v) is 10.2. The molecule has 0 spiro atoms. The van der Waals surface area contributed by atoms with E-state index in [0.29, 0.717) is 44.4 Å². The lowest BCUT2D eigenvalue weighted by atomic mass is 10.1. The molecule has 0 aromatic carbocycles. The van der Waals surface area contributed by atoms with Crippen LogP contribution in [0.1, 0.15) is 48.2 Å². The summed E-state index contributed by atoms with van der Waals surface area (Å²) in [5.74, 6) is 0.307. The zero-order valence-corrected chi connectivity index (χ0v) is 23.5. The van der Waals surface area contributed by atoms with Crippen LogP contribution in [-0.2, 0) is 23.8 Å². The minimum atomic E-state index is -4.57. The molecule has 42 heavy (non-hydrogen) atoms. The van der Waals surface area contributed by atoms with Crippen LogP contribution in [0.5, 0.6) is 5.75 Å². The first-order chi connectivity index (χ1) is 20.2. The molecule has 0 saturated heterocycles. The van der Waals surface area contributed by atoms with E-state index in [1.54, 1.807) is 6.20 Å². The molecule has 226 valence electrons. The molecule has 13 heteroatoms. The molecular formula is C29H36F3N7O3. The van der Waals surface area contributed by atoms with E-state index in [1.165, 1.54) is 5.56 Å². The number of unbranched alkanes of at least 4 members (excludes halogenated alkanes) is 1. The van der Waals surface area contributed by atoms with Crippen molar-refractivity contribution >= 4 is 17.7 Å². The fraction of sp³-hybridized carbons (Fsp3) is 0.483. The number of halogens is 3. The van der Waals surface area contributed by atoms with Gasteiger partial charge >= 0.3 is 12.1 Å². The van der Waals surface area contributed by atoms with E-state index < -0.39 is 23.8 Å². The van der Waals surface area contributed by atoms with Gasteiger partial charge in [-0.25, -0.2) is 19.7 Å². The van der Waals surface area contributed by atoms with Crippen LogP contribution in [0.25, 0.3) is 0 Å². The summed E-state index contributed by atoms with van der Waals surface area (Å²) >= 11 is 0. The van der Waals surface area contributed by atoms with Crippen molar-refractivity contribution in [2.45, 2.75) is 57.7 Å². The quantitative estimate of drug-likeness (QED) is 0.217. The maximum atomic E-state index is 12.8. The van der Waals surface area contributed by atoms with Crippen LogP contribution in [0, 0.1) is 6.92 Å². The molecule has 4 heterocycles. The lowest BCUT2D eigenvalue weighted by Crippen LogP contribution is -2.37. The zero-order valence-electron chi connectivity index (χ0n) is 23.5. The third-order valence-corrected chi connectivity index (χ3v) is 6.98. The Morgan fingerprint density at radius 1 is 1.10 bits per heavy atom. The van der Waals surface area contributed by atoms with Gasteiger partial charge in [-0.1, -0.05) is 6.07 Å². The molecule has 0 bridgehead atoms. The lowest BCUT2D eigenvalue weighted by Gasteiger charge is -2.24. The van der Waals surface area contributed by atoms with Crippen molar-refractivity contribution in [1.29, 1.82) is 0 Å². The summed E-state index contributed by atoms with van der Waals surface area (Å²) in [6, 6.07) is 6.86. The Hall–Kier alpha value is -4.00. The lowest BCUT2D eigenvalue weighted by molar-refractivity contribution is -0.139. The number of carboxylic acid groups (broad SMARTS) is 1. The molecule has 1 aliphatic rings. The summed E-state index contributed by atoms with van der Waals surface area (Å²) in [7, 11) is 0. The molecule has 1 atom stereocenters. The summed E-state index contributed by atoms with van der Waals surface area (Å²) in [5, 5.41) is 15.8. The first kappa shape index (κ1) is 30.9. The number of nitrogens with zero attached hydrogens (tertiary/aromatic N) is 5. The van der Waals surface area contributed by atoms with Crippen LogP contribution in [0.3, 0.4) is 0 Å². The normalized spacial score (nSPS) is 13.7. The van der Waals surface area contributed by atoms with E-state index in [4.69, 9.17) is 9.72 Å². The van der Waals surface area contributed by atoms with Gasteiger partial charge in [0.15, 0.2) is 0 Å². The molecule has 1 unspecified atom stereocenters. The van der Waals surface area contributed by atoms with Crippen molar-refractivity contribution in [2.24, 2.45) is 0 Å². The SMILES string of the molecule is Cc1ccc(OCCN(CCCCc2ccc3c(n2)NCCC3)CCC(Nc2ncc(C(F)(F)F)cn2)C(=O)O)cn1. The first-order valence-electron chi connectivity index (χ1n) is 14.1. The van der Waals surface area contributed by atoms with Gasteiger partial charge in [0.1, 0.15) is 24.2 Å². The monoisotopic (exact) mass is 587 g/mol. The standard InChI is InChI=1S/C29H36F3N7O3/c1-20-7-10-24(19-34-20)42-16-15-39(13-3-2-6-23-9-8-21-5-4-12-33-26(21)37-23)14-11-25(27(40)41)38-28-35-17-22(18-36-28)29(30,31)32/h7-10,17-19,25H,2-6,11-16H2,1H3,(H,33,37)(H,40,41)(H,35,36,38). The minimum Gasteiger partial charge on any atom is -0.491 e. The van der Waals surface area contributed by atoms with Crippen LogP contribution < -0.4 is 15.4 Å². The van der Waals surface area contributed by atoms with Gasteiger partial charge in [-0.2, -0.15) is 13.2 Å². The number of nitrogens with one attached hydrogen (secondary N) is 2. The Kier molecular flexibility index (Phi) is 10.9. The van der Waals surface area contributed by atoms with Crippen molar-refractivity contribution in [1.82, 2.24) is 24.8 Å². The highest BCUT2D eigenvalue weighted by Crippen LogP contribution is 2.28.